The molecule has 0 saturated carbocycles. The molecule has 154 valence electrons. The minimum atomic E-state index is -3.90. The maximum Gasteiger partial charge on any atom is 0.264 e. The highest BCUT2D eigenvalue weighted by molar-refractivity contribution is 8.23. The van der Waals surface area contributed by atoms with Gasteiger partial charge in [-0.1, -0.05) is 35.4 Å². The molecule has 0 aliphatic carbocycles. The lowest BCUT2D eigenvalue weighted by molar-refractivity contribution is 0.588. The zero-order valence-corrected chi connectivity index (χ0v) is 20.0. The van der Waals surface area contributed by atoms with Crippen molar-refractivity contribution in [1.82, 2.24) is 18.6 Å². The summed E-state index contributed by atoms with van der Waals surface area (Å²) in [6.45, 7) is 2.35. The predicted octanol–water partition coefficient (Wildman–Crippen LogP) is 3.38. The number of hydrogen-bond acceptors (Lipinski definition) is 9. The highest BCUT2D eigenvalue weighted by Crippen LogP contribution is 2.30. The van der Waals surface area contributed by atoms with E-state index in [0.717, 1.165) is 12.5 Å². The van der Waals surface area contributed by atoms with E-state index in [0.29, 0.717) is 27.9 Å². The minimum Gasteiger partial charge on any atom is -0.294 e. The molecule has 0 atom stereocenters. The van der Waals surface area contributed by atoms with Crippen molar-refractivity contribution in [3.8, 4) is 0 Å². The number of rotatable bonds is 3. The molecule has 0 amide bonds. The van der Waals surface area contributed by atoms with E-state index in [1.807, 2.05) is 8.87 Å². The summed E-state index contributed by atoms with van der Waals surface area (Å²) >= 11 is 25.2. The number of nitrogens with zero attached hydrogens (tertiary/aromatic N) is 5. The van der Waals surface area contributed by atoms with Gasteiger partial charge in [-0.05, 0) is 41.9 Å². The lowest BCUT2D eigenvalue weighted by Crippen LogP contribution is -2.44. The molecular formula is C14H12Cl2N6O2S5. The van der Waals surface area contributed by atoms with Gasteiger partial charge < -0.3 is 0 Å². The number of halogens is 2. The maximum atomic E-state index is 12.7. The number of anilines is 1. The highest BCUT2D eigenvalue weighted by atomic mass is 35.5. The fourth-order valence-electron chi connectivity index (χ4n) is 2.69. The molecule has 0 fully saturated rings. The molecule has 2 aliphatic heterocycles. The summed E-state index contributed by atoms with van der Waals surface area (Å²) in [4.78, 5) is 5.89. The van der Waals surface area contributed by atoms with Crippen molar-refractivity contribution in [3.05, 3.63) is 32.2 Å². The van der Waals surface area contributed by atoms with Crippen LogP contribution in [0, 0.1) is 3.95 Å². The van der Waals surface area contributed by atoms with Gasteiger partial charge in [-0.3, -0.25) is 18.8 Å². The summed E-state index contributed by atoms with van der Waals surface area (Å²) < 4.78 is 37.4. The van der Waals surface area contributed by atoms with Crippen LogP contribution in [0.2, 0.25) is 10.0 Å². The first-order valence-electron chi connectivity index (χ1n) is 8.12. The summed E-state index contributed by atoms with van der Waals surface area (Å²) in [7, 11) is -3.90. The Morgan fingerprint density at radius 2 is 2.03 bits per heavy atom. The number of thiocarbonyl (C=S) groups is 1. The second kappa shape index (κ2) is 8.29. The first kappa shape index (κ1) is 21.3. The van der Waals surface area contributed by atoms with E-state index in [-0.39, 0.29) is 20.9 Å². The topological polar surface area (TPSA) is 82.8 Å². The fourth-order valence-corrected chi connectivity index (χ4v) is 6.37. The standard InChI is InChI=1S/C14H12Cl2N6O2S5/c15-9-2-1-8(7-10(9)16)29(23,24)19-11-17-3-4-20(11)14(26)28-22-6-5-21-12(22)18-27-13(21)25/h1-2,7H,3-6H2,(H,17,19). The third kappa shape index (κ3) is 4.27. The molecule has 1 N–H and O–H groups in total. The van der Waals surface area contributed by atoms with Crippen molar-refractivity contribution < 1.29 is 8.42 Å². The van der Waals surface area contributed by atoms with Gasteiger partial charge in [0.15, 0.2) is 8.27 Å². The molecule has 8 nitrogen and oxygen atoms in total. The lowest BCUT2D eigenvalue weighted by atomic mass is 10.4. The molecule has 0 saturated heterocycles. The Hall–Kier alpha value is -0.960. The average Bonchev–Trinajstić information content (AvgIpc) is 3.36. The SMILES string of the molecule is O=S(=O)(NC1=NCCN1C(=S)SN1CCn2c1nsc2=S)c1ccc(Cl)c(Cl)c1. The number of aromatic nitrogens is 2. The molecule has 15 heteroatoms. The van der Waals surface area contributed by atoms with Crippen LogP contribution in [0.15, 0.2) is 28.1 Å². The van der Waals surface area contributed by atoms with Crippen molar-refractivity contribution in [2.75, 3.05) is 23.9 Å². The van der Waals surface area contributed by atoms with Gasteiger partial charge in [-0.15, -0.1) is 0 Å². The van der Waals surface area contributed by atoms with Gasteiger partial charge in [0.2, 0.25) is 11.9 Å². The minimum absolute atomic E-state index is 0.0129. The maximum absolute atomic E-state index is 12.7. The molecule has 1 aromatic heterocycles. The first-order chi connectivity index (χ1) is 13.8. The Bertz CT molecular complexity index is 1180. The van der Waals surface area contributed by atoms with Gasteiger partial charge in [0.1, 0.15) is 0 Å². The van der Waals surface area contributed by atoms with Gasteiger partial charge in [0.25, 0.3) is 10.0 Å². The van der Waals surface area contributed by atoms with Crippen LogP contribution < -0.4 is 9.03 Å². The number of aliphatic imine (C=N–C) groups is 1. The monoisotopic (exact) mass is 526 g/mol. The Labute approximate surface area is 195 Å². The molecule has 0 bridgehead atoms. The molecule has 4 rings (SSSR count). The van der Waals surface area contributed by atoms with E-state index in [2.05, 4.69) is 14.1 Å². The molecule has 1 aromatic carbocycles. The van der Waals surface area contributed by atoms with E-state index >= 15 is 0 Å². The predicted molar refractivity (Wildman–Crippen MR) is 124 cm³/mol. The fraction of sp³-hybridized carbons (Fsp3) is 0.286. The van der Waals surface area contributed by atoms with E-state index < -0.39 is 10.0 Å². The van der Waals surface area contributed by atoms with Crippen molar-refractivity contribution in [3.63, 3.8) is 0 Å². The summed E-state index contributed by atoms with van der Waals surface area (Å²) in [6, 6.07) is 4.09. The summed E-state index contributed by atoms with van der Waals surface area (Å²) in [5.74, 6) is 0.921. The molecule has 0 spiro atoms. The quantitative estimate of drug-likeness (QED) is 0.481. The van der Waals surface area contributed by atoms with Gasteiger partial charge in [0.05, 0.1) is 28.0 Å². The second-order valence-electron chi connectivity index (χ2n) is 5.90. The Kier molecular flexibility index (Phi) is 6.08. The number of benzene rings is 1. The molecule has 2 aliphatic rings. The van der Waals surface area contributed by atoms with Crippen LogP contribution >= 0.6 is 71.1 Å². The first-order valence-corrected chi connectivity index (χ1v) is 12.7. The van der Waals surface area contributed by atoms with Crippen LogP contribution in [-0.2, 0) is 16.6 Å². The van der Waals surface area contributed by atoms with Gasteiger partial charge in [0, 0.05) is 25.0 Å². The highest BCUT2D eigenvalue weighted by Gasteiger charge is 2.30. The average molecular weight is 528 g/mol. The number of sulfonamides is 1. The van der Waals surface area contributed by atoms with E-state index in [4.69, 9.17) is 47.6 Å². The van der Waals surface area contributed by atoms with Crippen molar-refractivity contribution in [2.45, 2.75) is 11.4 Å². The molecule has 2 aromatic rings. The zero-order valence-electron chi connectivity index (χ0n) is 14.4. The zero-order chi connectivity index (χ0) is 20.8. The van der Waals surface area contributed by atoms with Crippen LogP contribution in [-0.4, -0.2) is 52.2 Å². The molecular weight excluding hydrogens is 515 g/mol. The summed E-state index contributed by atoms with van der Waals surface area (Å²) in [5.41, 5.74) is 0. The van der Waals surface area contributed by atoms with E-state index in [9.17, 15) is 8.42 Å². The van der Waals surface area contributed by atoms with Crippen LogP contribution in [0.25, 0.3) is 0 Å². The molecule has 3 heterocycles. The van der Waals surface area contributed by atoms with E-state index in [1.165, 1.54) is 41.7 Å². The normalized spacial score (nSPS) is 16.1. The molecule has 0 radical (unpaired) electrons. The van der Waals surface area contributed by atoms with Crippen molar-refractivity contribution >= 4 is 97.4 Å². The van der Waals surface area contributed by atoms with Crippen LogP contribution in [0.4, 0.5) is 5.95 Å². The third-order valence-corrected chi connectivity index (χ3v) is 8.62. The summed E-state index contributed by atoms with van der Waals surface area (Å²) in [6.07, 6.45) is 0. The van der Waals surface area contributed by atoms with Crippen molar-refractivity contribution in [1.29, 1.82) is 0 Å². The smallest absolute Gasteiger partial charge is 0.264 e. The van der Waals surface area contributed by atoms with Crippen LogP contribution in [0.3, 0.4) is 0 Å². The van der Waals surface area contributed by atoms with Gasteiger partial charge in [-0.2, -0.15) is 4.37 Å². The van der Waals surface area contributed by atoms with Gasteiger partial charge >= 0.3 is 0 Å². The number of nitrogens with one attached hydrogen (secondary N) is 1. The van der Waals surface area contributed by atoms with Crippen LogP contribution in [0.5, 0.6) is 0 Å². The number of hydrogen-bond donors (Lipinski definition) is 1. The number of fused-ring (bicyclic) bond motifs is 1. The molecule has 0 unspecified atom stereocenters. The molecule has 29 heavy (non-hydrogen) atoms. The lowest BCUT2D eigenvalue weighted by Gasteiger charge is -2.23. The Morgan fingerprint density at radius 1 is 1.24 bits per heavy atom. The summed E-state index contributed by atoms with van der Waals surface area (Å²) in [5, 5.41) is 0.424. The van der Waals surface area contributed by atoms with E-state index in [1.54, 1.807) is 4.90 Å². The van der Waals surface area contributed by atoms with Crippen LogP contribution in [0.1, 0.15) is 0 Å². The Balaban J connectivity index is 1.48. The van der Waals surface area contributed by atoms with Gasteiger partial charge in [-0.25, -0.2) is 13.1 Å². The Morgan fingerprint density at radius 3 is 2.79 bits per heavy atom. The third-order valence-electron chi connectivity index (χ3n) is 4.09. The largest absolute Gasteiger partial charge is 0.294 e. The second-order valence-corrected chi connectivity index (χ2v) is 11.4. The number of guanidine groups is 1. The van der Waals surface area contributed by atoms with Crippen molar-refractivity contribution in [2.24, 2.45) is 4.99 Å².